The van der Waals surface area contributed by atoms with Crippen LogP contribution >= 0.6 is 0 Å². The van der Waals surface area contributed by atoms with Crippen LogP contribution in [0.2, 0.25) is 0 Å². The number of aliphatic carboxylic acids is 1. The molecule has 152 valence electrons. The van der Waals surface area contributed by atoms with Crippen LogP contribution in [0.3, 0.4) is 0 Å². The normalized spacial score (nSPS) is 16.1. The van der Waals surface area contributed by atoms with Crippen LogP contribution < -0.4 is 4.74 Å². The first kappa shape index (κ1) is 19.5. The lowest BCUT2D eigenvalue weighted by Crippen LogP contribution is -2.20. The number of carboxylic acids is 1. The Kier molecular flexibility index (Phi) is 5.56. The van der Waals surface area contributed by atoms with E-state index in [1.807, 2.05) is 36.1 Å². The number of hydrogen-bond donors (Lipinski definition) is 1. The Balaban J connectivity index is 1.72. The predicted molar refractivity (Wildman–Crippen MR) is 114 cm³/mol. The molecule has 0 amide bonds. The summed E-state index contributed by atoms with van der Waals surface area (Å²) in [4.78, 5) is 11.3. The molecule has 0 radical (unpaired) electrons. The zero-order valence-electron chi connectivity index (χ0n) is 17.1. The monoisotopic (exact) mass is 392 g/mol. The van der Waals surface area contributed by atoms with Gasteiger partial charge >= 0.3 is 5.97 Å². The Morgan fingerprint density at radius 2 is 2.00 bits per heavy atom. The fourth-order valence-electron chi connectivity index (χ4n) is 4.15. The SMILES string of the molecule is CC(Cc1ccc(OC2CCCCC2)c(-c2ccc3nn(C)cc3c2)c1)C(=O)O. The van der Waals surface area contributed by atoms with Crippen molar-refractivity contribution in [2.24, 2.45) is 13.0 Å². The summed E-state index contributed by atoms with van der Waals surface area (Å²) in [5.74, 6) is -0.313. The van der Waals surface area contributed by atoms with Crippen LogP contribution in [0.25, 0.3) is 22.0 Å². The van der Waals surface area contributed by atoms with Gasteiger partial charge in [0, 0.05) is 24.2 Å². The van der Waals surface area contributed by atoms with Crippen molar-refractivity contribution in [3.63, 3.8) is 0 Å². The Labute approximate surface area is 171 Å². The second-order valence-corrected chi connectivity index (χ2v) is 8.23. The lowest BCUT2D eigenvalue weighted by atomic mass is 9.95. The van der Waals surface area contributed by atoms with Gasteiger partial charge in [-0.25, -0.2) is 0 Å². The molecular formula is C24H28N2O3. The molecule has 3 aromatic rings. The van der Waals surface area contributed by atoms with Crippen molar-refractivity contribution in [1.29, 1.82) is 0 Å². The third-order valence-corrected chi connectivity index (χ3v) is 5.78. The predicted octanol–water partition coefficient (Wildman–Crippen LogP) is 5.22. The largest absolute Gasteiger partial charge is 0.490 e. The summed E-state index contributed by atoms with van der Waals surface area (Å²) >= 11 is 0. The summed E-state index contributed by atoms with van der Waals surface area (Å²) in [5.41, 5.74) is 4.07. The molecule has 2 aromatic carbocycles. The van der Waals surface area contributed by atoms with E-state index in [4.69, 9.17) is 4.74 Å². The molecule has 0 saturated heterocycles. The zero-order chi connectivity index (χ0) is 20.4. The van der Waals surface area contributed by atoms with E-state index in [-0.39, 0.29) is 6.10 Å². The van der Waals surface area contributed by atoms with E-state index in [1.54, 1.807) is 6.92 Å². The van der Waals surface area contributed by atoms with Gasteiger partial charge in [-0.05, 0) is 67.5 Å². The molecule has 1 fully saturated rings. The molecule has 1 saturated carbocycles. The molecule has 1 aliphatic carbocycles. The van der Waals surface area contributed by atoms with Crippen molar-refractivity contribution >= 4 is 16.9 Å². The highest BCUT2D eigenvalue weighted by atomic mass is 16.5. The zero-order valence-corrected chi connectivity index (χ0v) is 17.1. The summed E-state index contributed by atoms with van der Waals surface area (Å²) in [5, 5.41) is 14.8. The third kappa shape index (κ3) is 4.44. The van der Waals surface area contributed by atoms with Crippen LogP contribution in [0.1, 0.15) is 44.6 Å². The number of carbonyl (C=O) groups is 1. The highest BCUT2D eigenvalue weighted by Crippen LogP contribution is 2.35. The fourth-order valence-corrected chi connectivity index (χ4v) is 4.15. The molecule has 5 heteroatoms. The summed E-state index contributed by atoms with van der Waals surface area (Å²) < 4.78 is 8.25. The van der Waals surface area contributed by atoms with Crippen LogP contribution in [0.4, 0.5) is 0 Å². The van der Waals surface area contributed by atoms with Crippen molar-refractivity contribution in [2.75, 3.05) is 0 Å². The average molecular weight is 392 g/mol. The maximum absolute atomic E-state index is 11.3. The van der Waals surface area contributed by atoms with Gasteiger partial charge in [-0.1, -0.05) is 25.5 Å². The van der Waals surface area contributed by atoms with Crippen LogP contribution in [0.5, 0.6) is 5.75 Å². The van der Waals surface area contributed by atoms with Crippen molar-refractivity contribution < 1.29 is 14.6 Å². The highest BCUT2D eigenvalue weighted by Gasteiger charge is 2.19. The van der Waals surface area contributed by atoms with Crippen molar-refractivity contribution in [1.82, 2.24) is 9.78 Å². The van der Waals surface area contributed by atoms with Gasteiger partial charge in [0.2, 0.25) is 0 Å². The second-order valence-electron chi connectivity index (χ2n) is 8.23. The van der Waals surface area contributed by atoms with Crippen LogP contribution in [0.15, 0.2) is 42.6 Å². The van der Waals surface area contributed by atoms with Crippen LogP contribution in [-0.2, 0) is 18.3 Å². The van der Waals surface area contributed by atoms with E-state index >= 15 is 0 Å². The number of carboxylic acid groups (broad SMARTS) is 1. The Morgan fingerprint density at radius 3 is 2.76 bits per heavy atom. The van der Waals surface area contributed by atoms with Gasteiger partial charge in [0.25, 0.3) is 0 Å². The Hall–Kier alpha value is -2.82. The molecule has 0 bridgehead atoms. The third-order valence-electron chi connectivity index (χ3n) is 5.78. The summed E-state index contributed by atoms with van der Waals surface area (Å²) in [7, 11) is 1.92. The summed E-state index contributed by atoms with van der Waals surface area (Å²) in [6.07, 6.45) is 8.69. The minimum atomic E-state index is -0.772. The first-order valence-corrected chi connectivity index (χ1v) is 10.5. The van der Waals surface area contributed by atoms with Crippen molar-refractivity contribution in [3.05, 3.63) is 48.2 Å². The van der Waals surface area contributed by atoms with Gasteiger partial charge in [0.05, 0.1) is 17.5 Å². The van der Waals surface area contributed by atoms with E-state index in [1.165, 1.54) is 19.3 Å². The van der Waals surface area contributed by atoms with Crippen LogP contribution in [-0.4, -0.2) is 27.0 Å². The molecule has 4 rings (SSSR count). The topological polar surface area (TPSA) is 64.4 Å². The van der Waals surface area contributed by atoms with Gasteiger partial charge in [0.15, 0.2) is 0 Å². The summed E-state index contributed by atoms with van der Waals surface area (Å²) in [6, 6.07) is 12.3. The van der Waals surface area contributed by atoms with Crippen molar-refractivity contribution in [3.8, 4) is 16.9 Å². The molecule has 1 heterocycles. The molecule has 1 aliphatic rings. The van der Waals surface area contributed by atoms with E-state index in [0.717, 1.165) is 46.2 Å². The number of ether oxygens (including phenoxy) is 1. The number of hydrogen-bond acceptors (Lipinski definition) is 3. The van der Waals surface area contributed by atoms with Gasteiger partial charge in [0.1, 0.15) is 5.75 Å². The number of aryl methyl sites for hydroxylation is 1. The maximum Gasteiger partial charge on any atom is 0.306 e. The van der Waals surface area contributed by atoms with Crippen molar-refractivity contribution in [2.45, 2.75) is 51.6 Å². The first-order valence-electron chi connectivity index (χ1n) is 10.5. The maximum atomic E-state index is 11.3. The number of aromatic nitrogens is 2. The number of benzene rings is 2. The minimum Gasteiger partial charge on any atom is -0.490 e. The van der Waals surface area contributed by atoms with Crippen LogP contribution in [0, 0.1) is 5.92 Å². The lowest BCUT2D eigenvalue weighted by Gasteiger charge is -2.25. The van der Waals surface area contributed by atoms with E-state index in [2.05, 4.69) is 23.3 Å². The van der Waals surface area contributed by atoms with Gasteiger partial charge in [-0.2, -0.15) is 5.10 Å². The fraction of sp³-hybridized carbons (Fsp3) is 0.417. The molecule has 5 nitrogen and oxygen atoms in total. The molecule has 1 aromatic heterocycles. The molecule has 1 unspecified atom stereocenters. The standard InChI is InChI=1S/C24H28N2O3/c1-16(24(27)28)12-17-8-11-23(29-20-6-4-3-5-7-20)21(13-17)18-9-10-22-19(14-18)15-26(2)25-22/h8-11,13-16,20H,3-7,12H2,1-2H3,(H,27,28). The number of rotatable bonds is 6. The first-order chi connectivity index (χ1) is 14.0. The van der Waals surface area contributed by atoms with E-state index < -0.39 is 11.9 Å². The molecular weight excluding hydrogens is 364 g/mol. The minimum absolute atomic E-state index is 0.258. The quantitative estimate of drug-likeness (QED) is 0.625. The van der Waals surface area contributed by atoms with Gasteiger partial charge < -0.3 is 9.84 Å². The van der Waals surface area contributed by atoms with Gasteiger partial charge in [-0.15, -0.1) is 0 Å². The van der Waals surface area contributed by atoms with E-state index in [9.17, 15) is 9.90 Å². The van der Waals surface area contributed by atoms with E-state index in [0.29, 0.717) is 6.42 Å². The second kappa shape index (κ2) is 8.27. The Morgan fingerprint density at radius 1 is 1.21 bits per heavy atom. The molecule has 1 N–H and O–H groups in total. The average Bonchev–Trinajstić information content (AvgIpc) is 3.09. The molecule has 0 aliphatic heterocycles. The smallest absolute Gasteiger partial charge is 0.306 e. The van der Waals surface area contributed by atoms with Gasteiger partial charge in [-0.3, -0.25) is 9.48 Å². The summed E-state index contributed by atoms with van der Waals surface area (Å²) in [6.45, 7) is 1.75. The number of nitrogens with zero attached hydrogens (tertiary/aromatic N) is 2. The highest BCUT2D eigenvalue weighted by molar-refractivity contribution is 5.85. The molecule has 0 spiro atoms. The number of fused-ring (bicyclic) bond motifs is 1. The molecule has 29 heavy (non-hydrogen) atoms. The Bertz CT molecular complexity index is 1020. The molecule has 1 atom stereocenters. The lowest BCUT2D eigenvalue weighted by molar-refractivity contribution is -0.141.